The summed E-state index contributed by atoms with van der Waals surface area (Å²) in [5, 5.41) is 0. The predicted octanol–water partition coefficient (Wildman–Crippen LogP) is 3.02. The lowest BCUT2D eigenvalue weighted by Gasteiger charge is -2.35. The molecule has 4 rings (SSSR count). The molecule has 4 nitrogen and oxygen atoms in total. The zero-order valence-corrected chi connectivity index (χ0v) is 12.9. The topological polar surface area (TPSA) is 35.2 Å². The Balaban J connectivity index is 1.39. The lowest BCUT2D eigenvalue weighted by atomic mass is 10.2. The van der Waals surface area contributed by atoms with Crippen molar-refractivity contribution in [1.29, 1.82) is 0 Å². The molecule has 0 spiro atoms. The molecule has 1 aromatic heterocycles. The van der Waals surface area contributed by atoms with E-state index in [0.29, 0.717) is 0 Å². The van der Waals surface area contributed by atoms with Crippen LogP contribution in [0.5, 0.6) is 0 Å². The van der Waals surface area contributed by atoms with Gasteiger partial charge in [-0.3, -0.25) is 4.90 Å². The Morgan fingerprint density at radius 2 is 1.83 bits per heavy atom. The van der Waals surface area contributed by atoms with Gasteiger partial charge in [0.25, 0.3) is 0 Å². The molecular formula is C18H19FN4. The largest absolute Gasteiger partial charge is 0.369 e. The van der Waals surface area contributed by atoms with E-state index >= 15 is 0 Å². The minimum atomic E-state index is -0.174. The van der Waals surface area contributed by atoms with Crippen molar-refractivity contribution >= 4 is 16.7 Å². The van der Waals surface area contributed by atoms with Gasteiger partial charge in [-0.2, -0.15) is 0 Å². The molecular weight excluding hydrogens is 291 g/mol. The number of nitrogens with zero attached hydrogens (tertiary/aromatic N) is 3. The molecule has 2 aromatic carbocycles. The number of nitrogens with one attached hydrogen (secondary N) is 1. The number of fused-ring (bicyclic) bond motifs is 1. The Kier molecular flexibility index (Phi) is 3.71. The van der Waals surface area contributed by atoms with Crippen molar-refractivity contribution in [2.45, 2.75) is 6.54 Å². The summed E-state index contributed by atoms with van der Waals surface area (Å²) in [6.45, 7) is 4.54. The van der Waals surface area contributed by atoms with Gasteiger partial charge >= 0.3 is 0 Å². The van der Waals surface area contributed by atoms with E-state index in [4.69, 9.17) is 0 Å². The molecule has 0 bridgehead atoms. The molecule has 3 aromatic rings. The molecule has 23 heavy (non-hydrogen) atoms. The van der Waals surface area contributed by atoms with E-state index in [1.165, 1.54) is 6.07 Å². The second kappa shape index (κ2) is 6.01. The van der Waals surface area contributed by atoms with E-state index in [9.17, 15) is 4.39 Å². The van der Waals surface area contributed by atoms with Gasteiger partial charge in [-0.15, -0.1) is 0 Å². The fourth-order valence-electron chi connectivity index (χ4n) is 3.13. The number of hydrogen-bond acceptors (Lipinski definition) is 3. The first kappa shape index (κ1) is 14.2. The maximum absolute atomic E-state index is 13.3. The van der Waals surface area contributed by atoms with Crippen LogP contribution in [0.25, 0.3) is 11.0 Å². The highest BCUT2D eigenvalue weighted by atomic mass is 19.1. The summed E-state index contributed by atoms with van der Waals surface area (Å²) in [5.74, 6) is 0.831. The van der Waals surface area contributed by atoms with Gasteiger partial charge < -0.3 is 9.88 Å². The van der Waals surface area contributed by atoms with E-state index in [1.807, 2.05) is 30.3 Å². The summed E-state index contributed by atoms with van der Waals surface area (Å²) in [5.41, 5.74) is 3.06. The number of aromatic nitrogens is 2. The van der Waals surface area contributed by atoms with Crippen molar-refractivity contribution < 1.29 is 4.39 Å². The minimum absolute atomic E-state index is 0.174. The van der Waals surface area contributed by atoms with Crippen LogP contribution in [0, 0.1) is 5.82 Å². The van der Waals surface area contributed by atoms with Crippen LogP contribution in [0.15, 0.2) is 48.5 Å². The van der Waals surface area contributed by atoms with E-state index in [2.05, 4.69) is 19.8 Å². The third-order valence-electron chi connectivity index (χ3n) is 4.36. The van der Waals surface area contributed by atoms with Crippen LogP contribution >= 0.6 is 0 Å². The molecule has 0 amide bonds. The fraction of sp³-hybridized carbons (Fsp3) is 0.278. The highest BCUT2D eigenvalue weighted by molar-refractivity contribution is 5.74. The highest BCUT2D eigenvalue weighted by Crippen LogP contribution is 2.18. The van der Waals surface area contributed by atoms with Crippen molar-refractivity contribution in [2.24, 2.45) is 0 Å². The smallest absolute Gasteiger partial charge is 0.125 e. The maximum atomic E-state index is 13.3. The number of anilines is 1. The SMILES string of the molecule is Fc1cccc(N2CCN(Cc3nc4ccccc4[nH]3)CC2)c1. The standard InChI is InChI=1S/C18H19FN4/c19-14-4-3-5-15(12-14)23-10-8-22(9-11-23)13-18-20-16-6-1-2-7-17(16)21-18/h1-7,12H,8-11,13H2,(H,20,21). The average Bonchev–Trinajstić information content (AvgIpc) is 2.98. The summed E-state index contributed by atoms with van der Waals surface area (Å²) in [7, 11) is 0. The monoisotopic (exact) mass is 310 g/mol. The Hall–Kier alpha value is -2.40. The number of rotatable bonds is 3. The van der Waals surface area contributed by atoms with Gasteiger partial charge in [-0.05, 0) is 30.3 Å². The molecule has 1 N–H and O–H groups in total. The zero-order chi connectivity index (χ0) is 15.6. The Morgan fingerprint density at radius 1 is 1.00 bits per heavy atom. The molecule has 0 radical (unpaired) electrons. The van der Waals surface area contributed by atoms with Crippen LogP contribution < -0.4 is 4.90 Å². The number of piperazine rings is 1. The first-order chi connectivity index (χ1) is 11.3. The molecule has 0 aliphatic carbocycles. The van der Waals surface area contributed by atoms with Gasteiger partial charge in [-0.1, -0.05) is 18.2 Å². The third-order valence-corrected chi connectivity index (χ3v) is 4.36. The van der Waals surface area contributed by atoms with Crippen LogP contribution in [0.3, 0.4) is 0 Å². The second-order valence-corrected chi connectivity index (χ2v) is 5.94. The summed E-state index contributed by atoms with van der Waals surface area (Å²) >= 11 is 0. The molecule has 2 heterocycles. The number of aromatic amines is 1. The number of hydrogen-bond donors (Lipinski definition) is 1. The lowest BCUT2D eigenvalue weighted by molar-refractivity contribution is 0.245. The third kappa shape index (κ3) is 3.05. The van der Waals surface area contributed by atoms with Crippen LogP contribution in [0.4, 0.5) is 10.1 Å². The molecule has 0 saturated carbocycles. The normalized spacial score (nSPS) is 16.1. The van der Waals surface area contributed by atoms with Gasteiger partial charge in [-0.25, -0.2) is 9.37 Å². The van der Waals surface area contributed by atoms with Crippen LogP contribution in [-0.4, -0.2) is 41.0 Å². The number of imidazole rings is 1. The highest BCUT2D eigenvalue weighted by Gasteiger charge is 2.18. The van der Waals surface area contributed by atoms with Crippen LogP contribution in [-0.2, 0) is 6.54 Å². The molecule has 1 fully saturated rings. The molecule has 5 heteroatoms. The fourth-order valence-corrected chi connectivity index (χ4v) is 3.13. The molecule has 1 aliphatic rings. The van der Waals surface area contributed by atoms with E-state index in [0.717, 1.165) is 55.3 Å². The zero-order valence-electron chi connectivity index (χ0n) is 12.9. The molecule has 0 unspecified atom stereocenters. The molecule has 118 valence electrons. The van der Waals surface area contributed by atoms with Crippen molar-refractivity contribution in [1.82, 2.24) is 14.9 Å². The molecule has 1 aliphatic heterocycles. The summed E-state index contributed by atoms with van der Waals surface area (Å²) in [6.07, 6.45) is 0. The minimum Gasteiger partial charge on any atom is -0.369 e. The Bertz CT molecular complexity index is 772. The number of halogens is 1. The van der Waals surface area contributed by atoms with Gasteiger partial charge in [0.2, 0.25) is 0 Å². The van der Waals surface area contributed by atoms with E-state index in [-0.39, 0.29) is 5.82 Å². The maximum Gasteiger partial charge on any atom is 0.125 e. The van der Waals surface area contributed by atoms with Crippen molar-refractivity contribution in [3.05, 3.63) is 60.2 Å². The van der Waals surface area contributed by atoms with Gasteiger partial charge in [0, 0.05) is 31.9 Å². The Labute approximate surface area is 134 Å². The van der Waals surface area contributed by atoms with Crippen molar-refractivity contribution in [3.63, 3.8) is 0 Å². The lowest BCUT2D eigenvalue weighted by Crippen LogP contribution is -2.46. The van der Waals surface area contributed by atoms with Gasteiger partial charge in [0.05, 0.1) is 17.6 Å². The van der Waals surface area contributed by atoms with Crippen molar-refractivity contribution in [3.8, 4) is 0 Å². The first-order valence-corrected chi connectivity index (χ1v) is 7.94. The molecule has 1 saturated heterocycles. The summed E-state index contributed by atoms with van der Waals surface area (Å²) < 4.78 is 13.3. The second-order valence-electron chi connectivity index (χ2n) is 5.94. The average molecular weight is 310 g/mol. The van der Waals surface area contributed by atoms with Crippen LogP contribution in [0.2, 0.25) is 0 Å². The first-order valence-electron chi connectivity index (χ1n) is 7.94. The van der Waals surface area contributed by atoms with Crippen molar-refractivity contribution in [2.75, 3.05) is 31.1 Å². The van der Waals surface area contributed by atoms with Gasteiger partial charge in [0.1, 0.15) is 11.6 Å². The summed E-state index contributed by atoms with van der Waals surface area (Å²) in [4.78, 5) is 12.6. The van der Waals surface area contributed by atoms with E-state index < -0.39 is 0 Å². The molecule has 0 atom stereocenters. The Morgan fingerprint density at radius 3 is 2.61 bits per heavy atom. The summed E-state index contributed by atoms with van der Waals surface area (Å²) in [6, 6.07) is 14.9. The number of para-hydroxylation sites is 2. The quantitative estimate of drug-likeness (QED) is 0.807. The predicted molar refractivity (Wildman–Crippen MR) is 90.0 cm³/mol. The number of H-pyrrole nitrogens is 1. The number of benzene rings is 2. The van der Waals surface area contributed by atoms with E-state index in [1.54, 1.807) is 12.1 Å². The van der Waals surface area contributed by atoms with Gasteiger partial charge in [0.15, 0.2) is 0 Å². The van der Waals surface area contributed by atoms with Crippen LogP contribution in [0.1, 0.15) is 5.82 Å².